The minimum atomic E-state index is -1.04. The first-order valence-electron chi connectivity index (χ1n) is 18.3. The third-order valence-corrected chi connectivity index (χ3v) is 13.0. The molecule has 7 rings (SSSR count). The molecule has 2 bridgehead atoms. The highest BCUT2D eigenvalue weighted by Crippen LogP contribution is 2.49. The van der Waals surface area contributed by atoms with Crippen LogP contribution in [0.5, 0.6) is 5.75 Å². The third kappa shape index (κ3) is 8.80. The number of aromatic nitrogens is 3. The smallest absolute Gasteiger partial charge is 0.354 e. The number of hydrogen-bond acceptors (Lipinski definition) is 14. The number of thioether (sulfide) groups is 1. The van der Waals surface area contributed by atoms with Gasteiger partial charge in [0.25, 0.3) is 11.8 Å². The molecule has 2 unspecified atom stereocenters. The van der Waals surface area contributed by atoms with E-state index in [0.717, 1.165) is 85.0 Å². The highest BCUT2D eigenvalue weighted by molar-refractivity contribution is 8.00. The number of allylic oxidation sites excluding steroid dienone is 2. The quantitative estimate of drug-likeness (QED) is 0.103. The predicted molar refractivity (Wildman–Crippen MR) is 211 cm³/mol. The van der Waals surface area contributed by atoms with Crippen LogP contribution in [-0.2, 0) is 23.9 Å². The van der Waals surface area contributed by atoms with E-state index >= 15 is 0 Å². The van der Waals surface area contributed by atoms with Crippen molar-refractivity contribution in [3.8, 4) is 5.75 Å². The zero-order valence-corrected chi connectivity index (χ0v) is 34.1. The number of rotatable bonds is 12. The number of fused-ring (bicyclic) bond motifs is 4. The number of ether oxygens (including phenoxy) is 2. The molecule has 7 N–H and O–H groups in total. The molecule has 4 fully saturated rings. The molecule has 2 aromatic heterocycles. The Morgan fingerprint density at radius 2 is 1.88 bits per heavy atom. The van der Waals surface area contributed by atoms with Gasteiger partial charge in [-0.2, -0.15) is 9.36 Å². The van der Waals surface area contributed by atoms with Crippen LogP contribution in [0.3, 0.4) is 0 Å². The molecule has 0 aliphatic carbocycles. The topological polar surface area (TPSA) is 239 Å². The molecule has 17 nitrogen and oxygen atoms in total. The fraction of sp³-hybridized carbons (Fsp3) is 0.541. The van der Waals surface area contributed by atoms with E-state index in [-0.39, 0.29) is 40.3 Å². The summed E-state index contributed by atoms with van der Waals surface area (Å²) in [7, 11) is 2.77. The minimum Gasteiger partial charge on any atom is -0.503 e. The molecule has 2 amide bonds. The first-order chi connectivity index (χ1) is 26.5. The molecule has 19 heteroatoms. The number of carboxylic acids is 1. The Labute approximate surface area is 333 Å². The molecule has 0 aromatic carbocycles. The Balaban J connectivity index is 0.000000677. The van der Waals surface area contributed by atoms with Crippen molar-refractivity contribution >= 4 is 57.8 Å². The number of nitrogens with two attached hydrogens (primary N) is 1. The number of esters is 1. The number of nitrogens with zero attached hydrogens (tertiary/aromatic N) is 4. The van der Waals surface area contributed by atoms with Gasteiger partial charge in [0.15, 0.2) is 22.3 Å². The Kier molecular flexibility index (Phi) is 13.0. The summed E-state index contributed by atoms with van der Waals surface area (Å²) < 4.78 is 15.0. The highest BCUT2D eigenvalue weighted by atomic mass is 32.2. The van der Waals surface area contributed by atoms with Crippen LogP contribution in [-0.4, -0.2) is 127 Å². The molecule has 5 aliphatic heterocycles. The van der Waals surface area contributed by atoms with Gasteiger partial charge in [0, 0.05) is 79.2 Å². The lowest BCUT2D eigenvalue weighted by molar-refractivity contribution is -0.941. The number of piperidine rings is 3. The van der Waals surface area contributed by atoms with Gasteiger partial charge in [-0.3, -0.25) is 14.4 Å². The maximum atomic E-state index is 13.5. The first kappa shape index (κ1) is 42.4. The van der Waals surface area contributed by atoms with E-state index in [4.69, 9.17) is 15.6 Å². The second-order valence-corrected chi connectivity index (χ2v) is 16.8. The Bertz CT molecular complexity index is 1980. The summed E-state index contributed by atoms with van der Waals surface area (Å²) in [4.78, 5) is 70.4. The largest absolute Gasteiger partial charge is 0.503 e. The number of H-pyrrole nitrogens is 1. The van der Waals surface area contributed by atoms with Gasteiger partial charge in [0.2, 0.25) is 5.43 Å². The molecule has 4 saturated heterocycles. The Morgan fingerprint density at radius 1 is 1.20 bits per heavy atom. The molecule has 7 heterocycles. The standard InChI is InChI=1S/C32H40N8O6S2.C5H10O3/c1-4-6-19(26-37-31(33)48-38-26)27(43)36-24-21(5-2)39-25(30(45)46-3)18(16-47-29(24)39)15-40-10-7-32(8-11-40,9-12-40)17-35-28(44)20-13-22(41)23(42)14-34-20;1-5(2,8-3)4(6)7/h5-6,13-14,24,29H,4,7-12,15-17H2,1-3H3,(H5-,33,34,35,36,37,38,41,42,43,44);1-3H3,(H,6,7)/p+1/b19-6+,21-5+;. The number of nitrogen functional groups attached to an aromatic ring is 1. The lowest BCUT2D eigenvalue weighted by atomic mass is 9.70. The van der Waals surface area contributed by atoms with Crippen LogP contribution < -0.4 is 21.8 Å². The summed E-state index contributed by atoms with van der Waals surface area (Å²) in [6, 6.07) is 0.799. The predicted octanol–water partition coefficient (Wildman–Crippen LogP) is 2.44. The fourth-order valence-electron chi connectivity index (χ4n) is 7.42. The third-order valence-electron chi connectivity index (χ3n) is 11.1. The summed E-state index contributed by atoms with van der Waals surface area (Å²) in [5.74, 6) is -1.46. The van der Waals surface area contributed by atoms with Crippen LogP contribution in [0, 0.1) is 5.41 Å². The number of aromatic hydroxyl groups is 1. The number of carbonyl (C=O) groups is 4. The van der Waals surface area contributed by atoms with Gasteiger partial charge < -0.3 is 50.4 Å². The summed E-state index contributed by atoms with van der Waals surface area (Å²) >= 11 is 2.75. The van der Waals surface area contributed by atoms with Gasteiger partial charge >= 0.3 is 11.9 Å². The minimum absolute atomic E-state index is 0.0231. The zero-order valence-electron chi connectivity index (χ0n) is 32.5. The monoisotopic (exact) mass is 815 g/mol. The van der Waals surface area contributed by atoms with Gasteiger partial charge in [-0.25, -0.2) is 9.59 Å². The molecule has 0 saturated carbocycles. The van der Waals surface area contributed by atoms with Crippen LogP contribution in [0.25, 0.3) is 5.57 Å². The van der Waals surface area contributed by atoms with E-state index in [2.05, 4.69) is 29.7 Å². The van der Waals surface area contributed by atoms with Crippen molar-refractivity contribution in [3.63, 3.8) is 0 Å². The van der Waals surface area contributed by atoms with Crippen molar-refractivity contribution in [2.75, 3.05) is 58.4 Å². The van der Waals surface area contributed by atoms with Gasteiger partial charge in [-0.1, -0.05) is 19.1 Å². The number of aromatic amines is 1. The fourth-order valence-corrected chi connectivity index (χ4v) is 9.25. The van der Waals surface area contributed by atoms with Crippen molar-refractivity contribution < 1.29 is 43.3 Å². The Morgan fingerprint density at radius 3 is 2.39 bits per heavy atom. The van der Waals surface area contributed by atoms with Gasteiger partial charge in [-0.15, -0.1) is 11.8 Å². The first-order valence-corrected chi connectivity index (χ1v) is 20.2. The number of carboxylic acid groups (broad SMARTS) is 1. The van der Waals surface area contributed by atoms with Crippen molar-refractivity contribution in [2.45, 2.75) is 70.4 Å². The molecule has 0 spiro atoms. The maximum Gasteiger partial charge on any atom is 0.354 e. The molecular weight excluding hydrogens is 765 g/mol. The molecule has 2 aromatic rings. The van der Waals surface area contributed by atoms with E-state index in [9.17, 15) is 29.1 Å². The second kappa shape index (κ2) is 17.2. The van der Waals surface area contributed by atoms with Gasteiger partial charge in [0.1, 0.15) is 23.3 Å². The van der Waals surface area contributed by atoms with Crippen LogP contribution in [0.2, 0.25) is 0 Å². The molecule has 2 atom stereocenters. The van der Waals surface area contributed by atoms with E-state index in [1.54, 1.807) is 17.8 Å². The van der Waals surface area contributed by atoms with Gasteiger partial charge in [0.05, 0.1) is 38.4 Å². The van der Waals surface area contributed by atoms with Crippen molar-refractivity contribution in [3.05, 3.63) is 63.1 Å². The average molecular weight is 816 g/mol. The van der Waals surface area contributed by atoms with Crippen LogP contribution in [0.15, 0.2) is 46.2 Å². The summed E-state index contributed by atoms with van der Waals surface area (Å²) in [6.07, 6.45) is 8.27. The molecule has 56 heavy (non-hydrogen) atoms. The normalized spacial score (nSPS) is 25.1. The Hall–Kier alpha value is -4.72. The summed E-state index contributed by atoms with van der Waals surface area (Å²) in [5, 5.41) is 24.1. The average Bonchev–Trinajstić information content (AvgIpc) is 3.62. The van der Waals surface area contributed by atoms with Gasteiger partial charge in [-0.05, 0) is 27.2 Å². The SMILES string of the molecule is C/C=C1\C(NC(=O)/C(=C/CC)c2nsc(N)n2)C2SCC(C[N+]34CCC(CNC(=O)c5cc(=O)c(O)c[nH]5)(CC3)CC4)=C(C(=O)OC)N12.COC(C)(C)C(=O)O. The number of anilines is 1. The highest BCUT2D eigenvalue weighted by Gasteiger charge is 2.54. The summed E-state index contributed by atoms with van der Waals surface area (Å²) in [5.41, 5.74) is 7.05. The summed E-state index contributed by atoms with van der Waals surface area (Å²) in [6.45, 7) is 10.8. The number of carbonyl (C=O) groups excluding carboxylic acids is 3. The number of pyridine rings is 1. The number of aliphatic carboxylic acids is 1. The second-order valence-electron chi connectivity index (χ2n) is 14.9. The molecular formula is C37H51N8O9S2+. The van der Waals surface area contributed by atoms with Crippen molar-refractivity contribution in [2.24, 2.45) is 5.41 Å². The lowest BCUT2D eigenvalue weighted by Gasteiger charge is -2.57. The van der Waals surface area contributed by atoms with Crippen molar-refractivity contribution in [1.82, 2.24) is 29.9 Å². The van der Waals surface area contributed by atoms with Crippen LogP contribution in [0.1, 0.15) is 69.7 Å². The number of nitrogens with one attached hydrogen (secondary N) is 3. The number of methoxy groups -OCH3 is 2. The zero-order chi connectivity index (χ0) is 41.0. The maximum absolute atomic E-state index is 13.5. The molecule has 5 aliphatic rings. The van der Waals surface area contributed by atoms with E-state index in [1.165, 1.54) is 28.1 Å². The van der Waals surface area contributed by atoms with Crippen LogP contribution in [0.4, 0.5) is 5.13 Å². The number of amides is 2. The van der Waals surface area contributed by atoms with Crippen molar-refractivity contribution in [1.29, 1.82) is 0 Å². The van der Waals surface area contributed by atoms with E-state index in [1.807, 2.05) is 24.8 Å². The molecule has 0 radical (unpaired) electrons. The number of hydrogen-bond donors (Lipinski definition) is 6. The van der Waals surface area contributed by atoms with Crippen LogP contribution >= 0.6 is 23.3 Å². The van der Waals surface area contributed by atoms with E-state index < -0.39 is 22.7 Å². The van der Waals surface area contributed by atoms with E-state index in [0.29, 0.717) is 40.9 Å². The lowest BCUT2D eigenvalue weighted by Crippen LogP contribution is -2.67. The molecule has 304 valence electrons. The number of quaternary nitrogens is 1.